The molecule has 0 N–H and O–H groups in total. The Morgan fingerprint density at radius 3 is 2.64 bits per heavy atom. The lowest BCUT2D eigenvalue weighted by atomic mass is 10.1. The van der Waals surface area contributed by atoms with Crippen molar-refractivity contribution in [1.82, 2.24) is 4.98 Å². The van der Waals surface area contributed by atoms with Gasteiger partial charge in [-0.1, -0.05) is 48.5 Å². The van der Waals surface area contributed by atoms with Crippen molar-refractivity contribution in [3.63, 3.8) is 0 Å². The number of hydrogen-bond acceptors (Lipinski definition) is 5. The van der Waals surface area contributed by atoms with E-state index in [1.165, 1.54) is 11.3 Å². The first kappa shape index (κ1) is 18.4. The summed E-state index contributed by atoms with van der Waals surface area (Å²) in [4.78, 5) is 31.9. The first-order valence-electron chi connectivity index (χ1n) is 9.14. The molecule has 4 rings (SSSR count). The number of carbonyl (C=O) groups excluding carboxylic acids is 2. The van der Waals surface area contributed by atoms with Crippen LogP contribution >= 0.6 is 11.3 Å². The summed E-state index contributed by atoms with van der Waals surface area (Å²) in [5.41, 5.74) is 3.60. The van der Waals surface area contributed by atoms with Crippen LogP contribution in [0.2, 0.25) is 0 Å². The Labute approximate surface area is 167 Å². The molecular weight excluding hydrogens is 372 g/mol. The quantitative estimate of drug-likeness (QED) is 0.623. The maximum Gasteiger partial charge on any atom is 0.350 e. The van der Waals surface area contributed by atoms with Gasteiger partial charge in [-0.3, -0.25) is 4.79 Å². The smallest absolute Gasteiger partial charge is 0.350 e. The van der Waals surface area contributed by atoms with Crippen molar-refractivity contribution in [3.05, 3.63) is 70.7 Å². The highest BCUT2D eigenvalue weighted by molar-refractivity contribution is 7.17. The fraction of sp³-hybridized carbons (Fsp3) is 0.227. The highest BCUT2D eigenvalue weighted by Gasteiger charge is 2.31. The van der Waals surface area contributed by atoms with Gasteiger partial charge in [0.1, 0.15) is 9.88 Å². The standard InChI is InChI=1S/C22H20N2O3S/c1-14-12-17-10-6-7-11-18(17)24(14)19(25)13-27-22(26)20-15(2)23-21(28-20)16-8-4-3-5-9-16/h3-11,14H,12-13H2,1-2H3/t14-/m0/s1. The maximum atomic E-state index is 12.7. The number of benzene rings is 2. The molecule has 0 bridgehead atoms. The third-order valence-electron chi connectivity index (χ3n) is 4.81. The van der Waals surface area contributed by atoms with Gasteiger partial charge in [0.15, 0.2) is 6.61 Å². The first-order valence-corrected chi connectivity index (χ1v) is 9.96. The molecule has 6 heteroatoms. The van der Waals surface area contributed by atoms with Crippen LogP contribution in [0.3, 0.4) is 0 Å². The number of carbonyl (C=O) groups is 2. The van der Waals surface area contributed by atoms with Gasteiger partial charge in [0.25, 0.3) is 5.91 Å². The minimum Gasteiger partial charge on any atom is -0.451 e. The zero-order chi connectivity index (χ0) is 19.7. The molecule has 1 aliphatic heterocycles. The number of para-hydroxylation sites is 1. The third kappa shape index (κ3) is 3.43. The minimum atomic E-state index is -0.509. The van der Waals surface area contributed by atoms with Crippen LogP contribution in [0.4, 0.5) is 5.69 Å². The summed E-state index contributed by atoms with van der Waals surface area (Å²) in [7, 11) is 0. The maximum absolute atomic E-state index is 12.7. The Morgan fingerprint density at radius 2 is 1.86 bits per heavy atom. The van der Waals surface area contributed by atoms with Crippen molar-refractivity contribution >= 4 is 28.9 Å². The topological polar surface area (TPSA) is 59.5 Å². The molecule has 1 aromatic heterocycles. The van der Waals surface area contributed by atoms with E-state index in [-0.39, 0.29) is 18.6 Å². The highest BCUT2D eigenvalue weighted by Crippen LogP contribution is 2.32. The molecular formula is C22H20N2O3S. The molecule has 0 aliphatic carbocycles. The number of thiazole rings is 1. The van der Waals surface area contributed by atoms with E-state index in [0.717, 1.165) is 28.2 Å². The molecule has 1 aliphatic rings. The molecule has 28 heavy (non-hydrogen) atoms. The van der Waals surface area contributed by atoms with Crippen molar-refractivity contribution in [2.75, 3.05) is 11.5 Å². The summed E-state index contributed by atoms with van der Waals surface area (Å²) in [6.07, 6.45) is 0.810. The van der Waals surface area contributed by atoms with E-state index in [9.17, 15) is 9.59 Å². The van der Waals surface area contributed by atoms with E-state index in [4.69, 9.17) is 4.74 Å². The number of fused-ring (bicyclic) bond motifs is 1. The summed E-state index contributed by atoms with van der Waals surface area (Å²) >= 11 is 1.28. The normalized spacial score (nSPS) is 15.4. The van der Waals surface area contributed by atoms with Gasteiger partial charge in [0, 0.05) is 17.3 Å². The Kier molecular flexibility index (Phi) is 4.96. The molecule has 0 radical (unpaired) electrons. The van der Waals surface area contributed by atoms with Gasteiger partial charge in [-0.15, -0.1) is 11.3 Å². The number of aryl methyl sites for hydroxylation is 1. The van der Waals surface area contributed by atoms with Crippen LogP contribution in [-0.2, 0) is 16.0 Å². The fourth-order valence-electron chi connectivity index (χ4n) is 3.50. The largest absolute Gasteiger partial charge is 0.451 e. The zero-order valence-corrected chi connectivity index (χ0v) is 16.5. The molecule has 0 fully saturated rings. The average molecular weight is 392 g/mol. The van der Waals surface area contributed by atoms with Gasteiger partial charge < -0.3 is 9.64 Å². The average Bonchev–Trinajstić information content (AvgIpc) is 3.26. The summed E-state index contributed by atoms with van der Waals surface area (Å²) in [6, 6.07) is 17.6. The van der Waals surface area contributed by atoms with E-state index in [2.05, 4.69) is 4.98 Å². The predicted octanol–water partition coefficient (Wildman–Crippen LogP) is 4.25. The predicted molar refractivity (Wildman–Crippen MR) is 110 cm³/mol. The van der Waals surface area contributed by atoms with Gasteiger partial charge in [-0.05, 0) is 31.9 Å². The third-order valence-corrected chi connectivity index (χ3v) is 5.99. The van der Waals surface area contributed by atoms with Gasteiger partial charge in [-0.2, -0.15) is 0 Å². The van der Waals surface area contributed by atoms with Crippen molar-refractivity contribution < 1.29 is 14.3 Å². The van der Waals surface area contributed by atoms with E-state index in [1.807, 2.05) is 61.5 Å². The lowest BCUT2D eigenvalue weighted by Gasteiger charge is -2.22. The van der Waals surface area contributed by atoms with Crippen LogP contribution in [0, 0.1) is 6.92 Å². The molecule has 2 aromatic carbocycles. The van der Waals surface area contributed by atoms with E-state index in [0.29, 0.717) is 10.6 Å². The fourth-order valence-corrected chi connectivity index (χ4v) is 4.46. The van der Waals surface area contributed by atoms with Crippen molar-refractivity contribution in [1.29, 1.82) is 0 Å². The van der Waals surface area contributed by atoms with Crippen LogP contribution in [0.1, 0.15) is 27.9 Å². The number of hydrogen-bond donors (Lipinski definition) is 0. The van der Waals surface area contributed by atoms with Gasteiger partial charge >= 0.3 is 5.97 Å². The van der Waals surface area contributed by atoms with Crippen molar-refractivity contribution in [2.24, 2.45) is 0 Å². The van der Waals surface area contributed by atoms with Crippen LogP contribution in [0.15, 0.2) is 54.6 Å². The minimum absolute atomic E-state index is 0.0541. The number of anilines is 1. The molecule has 5 nitrogen and oxygen atoms in total. The van der Waals surface area contributed by atoms with Gasteiger partial charge in [0.05, 0.1) is 5.69 Å². The molecule has 3 aromatic rings. The summed E-state index contributed by atoms with van der Waals surface area (Å²) in [5, 5.41) is 0.762. The lowest BCUT2D eigenvalue weighted by molar-refractivity contribution is -0.122. The van der Waals surface area contributed by atoms with Crippen LogP contribution in [-0.4, -0.2) is 29.5 Å². The van der Waals surface area contributed by atoms with Gasteiger partial charge in [-0.25, -0.2) is 9.78 Å². The van der Waals surface area contributed by atoms with E-state index < -0.39 is 5.97 Å². The number of nitrogens with zero attached hydrogens (tertiary/aromatic N) is 2. The SMILES string of the molecule is Cc1nc(-c2ccccc2)sc1C(=O)OCC(=O)N1c2ccccc2C[C@@H]1C. The van der Waals surface area contributed by atoms with Crippen LogP contribution in [0.25, 0.3) is 10.6 Å². The lowest BCUT2D eigenvalue weighted by Crippen LogP contribution is -2.38. The Bertz CT molecular complexity index is 1030. The van der Waals surface area contributed by atoms with Gasteiger partial charge in [0.2, 0.25) is 0 Å². The molecule has 0 saturated heterocycles. The monoisotopic (exact) mass is 392 g/mol. The summed E-state index contributed by atoms with van der Waals surface area (Å²) in [5.74, 6) is -0.720. The summed E-state index contributed by atoms with van der Waals surface area (Å²) < 4.78 is 5.34. The number of aromatic nitrogens is 1. The zero-order valence-electron chi connectivity index (χ0n) is 15.7. The number of amides is 1. The first-order chi connectivity index (χ1) is 13.5. The molecule has 0 unspecified atom stereocenters. The summed E-state index contributed by atoms with van der Waals surface area (Å²) in [6.45, 7) is 3.49. The molecule has 1 atom stereocenters. The number of rotatable bonds is 4. The second-order valence-electron chi connectivity index (χ2n) is 6.82. The highest BCUT2D eigenvalue weighted by atomic mass is 32.1. The molecule has 0 spiro atoms. The second-order valence-corrected chi connectivity index (χ2v) is 7.82. The van der Waals surface area contributed by atoms with E-state index >= 15 is 0 Å². The van der Waals surface area contributed by atoms with Crippen molar-refractivity contribution in [3.8, 4) is 10.6 Å². The number of ether oxygens (including phenoxy) is 1. The Balaban J connectivity index is 1.45. The molecule has 0 saturated carbocycles. The van der Waals surface area contributed by atoms with E-state index in [1.54, 1.807) is 11.8 Å². The molecule has 142 valence electrons. The second kappa shape index (κ2) is 7.56. The number of esters is 1. The Hall–Kier alpha value is -2.99. The van der Waals surface area contributed by atoms with Crippen molar-refractivity contribution in [2.45, 2.75) is 26.3 Å². The Morgan fingerprint density at radius 1 is 1.14 bits per heavy atom. The molecule has 2 heterocycles. The van der Waals surface area contributed by atoms with Crippen LogP contribution < -0.4 is 4.90 Å². The molecule has 1 amide bonds. The van der Waals surface area contributed by atoms with Crippen LogP contribution in [0.5, 0.6) is 0 Å².